The lowest BCUT2D eigenvalue weighted by Crippen LogP contribution is -2.45. The molecule has 3 aromatic carbocycles. The molecule has 0 saturated carbocycles. The van der Waals surface area contributed by atoms with Crippen molar-refractivity contribution in [1.82, 2.24) is 10.2 Å². The molecule has 1 aliphatic heterocycles. The van der Waals surface area contributed by atoms with Crippen LogP contribution in [0.1, 0.15) is 22.7 Å². The second kappa shape index (κ2) is 9.79. The summed E-state index contributed by atoms with van der Waals surface area (Å²) in [6.07, 6.45) is 0. The molecule has 4 heteroatoms. The topological polar surface area (TPSA) is 27.7 Å². The average molecular weight is 402 g/mol. The molecule has 0 aliphatic carbocycles. The summed E-state index contributed by atoms with van der Waals surface area (Å²) in [4.78, 5) is 4.70. The van der Waals surface area contributed by atoms with E-state index >= 15 is 0 Å². The van der Waals surface area contributed by atoms with Gasteiger partial charge in [-0.05, 0) is 29.3 Å². The molecule has 156 valence electrons. The number of benzene rings is 3. The maximum Gasteiger partial charge on any atom is 0.124 e. The van der Waals surface area contributed by atoms with Gasteiger partial charge in [0.05, 0.1) is 6.04 Å². The molecule has 1 fully saturated rings. The van der Waals surface area contributed by atoms with E-state index in [1.807, 2.05) is 6.07 Å². The molecule has 0 bridgehead atoms. The molecular formula is C26H31N3O. The van der Waals surface area contributed by atoms with E-state index in [0.717, 1.165) is 31.9 Å². The van der Waals surface area contributed by atoms with Gasteiger partial charge in [-0.1, -0.05) is 60.7 Å². The molecule has 1 heterocycles. The van der Waals surface area contributed by atoms with Crippen LogP contribution < -0.4 is 15.0 Å². The number of nitrogens with zero attached hydrogens (tertiary/aromatic N) is 2. The zero-order valence-electron chi connectivity index (χ0n) is 17.9. The van der Waals surface area contributed by atoms with Gasteiger partial charge < -0.3 is 15.0 Å². The van der Waals surface area contributed by atoms with Crippen LogP contribution in [0.4, 0.5) is 5.69 Å². The molecule has 1 saturated heterocycles. The fourth-order valence-electron chi connectivity index (χ4n) is 4.06. The summed E-state index contributed by atoms with van der Waals surface area (Å²) < 4.78 is 6.33. The Labute approximate surface area is 180 Å². The standard InChI is InChI=1S/C26H31N3O/c1-28(2)23-14-12-22(13-15-23)26(29-18-16-27-17-19-29)24-10-6-7-11-25(24)30-20-21-8-4-3-5-9-21/h3-15,26-27H,16-20H2,1-2H3. The fraction of sp³-hybridized carbons (Fsp3) is 0.308. The van der Waals surface area contributed by atoms with Crippen molar-refractivity contribution in [3.05, 3.63) is 95.6 Å². The van der Waals surface area contributed by atoms with Crippen LogP contribution in [-0.2, 0) is 6.61 Å². The van der Waals surface area contributed by atoms with Crippen LogP contribution in [0.25, 0.3) is 0 Å². The highest BCUT2D eigenvalue weighted by atomic mass is 16.5. The normalized spacial score (nSPS) is 15.5. The number of hydrogen-bond acceptors (Lipinski definition) is 4. The van der Waals surface area contributed by atoms with E-state index in [4.69, 9.17) is 4.74 Å². The van der Waals surface area contributed by atoms with E-state index in [0.29, 0.717) is 6.61 Å². The molecular weight excluding hydrogens is 370 g/mol. The quantitative estimate of drug-likeness (QED) is 0.638. The third-order valence-electron chi connectivity index (χ3n) is 5.69. The maximum atomic E-state index is 6.33. The number of ether oxygens (including phenoxy) is 1. The van der Waals surface area contributed by atoms with Crippen molar-refractivity contribution in [3.63, 3.8) is 0 Å². The van der Waals surface area contributed by atoms with Crippen molar-refractivity contribution in [1.29, 1.82) is 0 Å². The Morgan fingerprint density at radius 1 is 0.867 bits per heavy atom. The maximum absolute atomic E-state index is 6.33. The molecule has 4 rings (SSSR count). The summed E-state index contributed by atoms with van der Waals surface area (Å²) in [7, 11) is 4.16. The summed E-state index contributed by atoms with van der Waals surface area (Å²) in [5, 5.41) is 3.48. The van der Waals surface area contributed by atoms with E-state index in [9.17, 15) is 0 Å². The molecule has 1 aliphatic rings. The monoisotopic (exact) mass is 401 g/mol. The number of nitrogens with one attached hydrogen (secondary N) is 1. The highest BCUT2D eigenvalue weighted by Gasteiger charge is 2.26. The van der Waals surface area contributed by atoms with Crippen molar-refractivity contribution in [2.75, 3.05) is 45.2 Å². The first-order chi connectivity index (χ1) is 14.7. The lowest BCUT2D eigenvalue weighted by atomic mass is 9.95. The minimum atomic E-state index is 0.176. The second-order valence-corrected chi connectivity index (χ2v) is 7.99. The van der Waals surface area contributed by atoms with Gasteiger partial charge in [-0.2, -0.15) is 0 Å². The Morgan fingerprint density at radius 2 is 1.53 bits per heavy atom. The number of piperazine rings is 1. The summed E-state index contributed by atoms with van der Waals surface area (Å²) in [5.41, 5.74) is 4.93. The SMILES string of the molecule is CN(C)c1ccc(C(c2ccccc2OCc2ccccc2)N2CCNCC2)cc1. The molecule has 3 aromatic rings. The molecule has 0 amide bonds. The van der Waals surface area contributed by atoms with Gasteiger partial charge in [0.25, 0.3) is 0 Å². The molecule has 4 nitrogen and oxygen atoms in total. The lowest BCUT2D eigenvalue weighted by Gasteiger charge is -2.36. The Balaban J connectivity index is 1.66. The summed E-state index contributed by atoms with van der Waals surface area (Å²) >= 11 is 0. The van der Waals surface area contributed by atoms with Crippen molar-refractivity contribution in [2.24, 2.45) is 0 Å². The Kier molecular flexibility index (Phi) is 6.67. The Bertz CT molecular complexity index is 919. The van der Waals surface area contributed by atoms with Crippen LogP contribution in [0.2, 0.25) is 0 Å². The van der Waals surface area contributed by atoms with Gasteiger partial charge in [-0.3, -0.25) is 4.90 Å². The first-order valence-corrected chi connectivity index (χ1v) is 10.7. The van der Waals surface area contributed by atoms with E-state index in [-0.39, 0.29) is 6.04 Å². The predicted octanol–water partition coefficient (Wildman–Crippen LogP) is 4.33. The summed E-state index contributed by atoms with van der Waals surface area (Å²) in [5.74, 6) is 0.960. The van der Waals surface area contributed by atoms with Crippen molar-refractivity contribution in [3.8, 4) is 5.75 Å². The fourth-order valence-corrected chi connectivity index (χ4v) is 4.06. The molecule has 1 atom stereocenters. The van der Waals surface area contributed by atoms with Crippen LogP contribution in [-0.4, -0.2) is 45.2 Å². The largest absolute Gasteiger partial charge is 0.489 e. The van der Waals surface area contributed by atoms with E-state index in [1.165, 1.54) is 22.4 Å². The van der Waals surface area contributed by atoms with Gasteiger partial charge in [0.2, 0.25) is 0 Å². The molecule has 1 unspecified atom stereocenters. The van der Waals surface area contributed by atoms with Gasteiger partial charge in [-0.25, -0.2) is 0 Å². The number of anilines is 1. The number of rotatable bonds is 7. The van der Waals surface area contributed by atoms with Crippen molar-refractivity contribution >= 4 is 5.69 Å². The van der Waals surface area contributed by atoms with Crippen LogP contribution in [0.3, 0.4) is 0 Å². The van der Waals surface area contributed by atoms with Crippen LogP contribution in [0, 0.1) is 0 Å². The van der Waals surface area contributed by atoms with Gasteiger partial charge in [0, 0.05) is 51.5 Å². The van der Waals surface area contributed by atoms with E-state index in [2.05, 4.69) is 102 Å². The first-order valence-electron chi connectivity index (χ1n) is 10.7. The third-order valence-corrected chi connectivity index (χ3v) is 5.69. The van der Waals surface area contributed by atoms with Gasteiger partial charge in [0.15, 0.2) is 0 Å². The smallest absolute Gasteiger partial charge is 0.124 e. The van der Waals surface area contributed by atoms with Crippen LogP contribution in [0.15, 0.2) is 78.9 Å². The number of para-hydroxylation sites is 1. The van der Waals surface area contributed by atoms with Crippen molar-refractivity contribution in [2.45, 2.75) is 12.6 Å². The van der Waals surface area contributed by atoms with E-state index < -0.39 is 0 Å². The molecule has 1 N–H and O–H groups in total. The third kappa shape index (κ3) is 4.84. The van der Waals surface area contributed by atoms with E-state index in [1.54, 1.807) is 0 Å². The van der Waals surface area contributed by atoms with Crippen molar-refractivity contribution < 1.29 is 4.74 Å². The molecule has 0 aromatic heterocycles. The average Bonchev–Trinajstić information content (AvgIpc) is 2.80. The van der Waals surface area contributed by atoms with Gasteiger partial charge in [0.1, 0.15) is 12.4 Å². The van der Waals surface area contributed by atoms with Crippen LogP contribution in [0.5, 0.6) is 5.75 Å². The van der Waals surface area contributed by atoms with Gasteiger partial charge >= 0.3 is 0 Å². The minimum absolute atomic E-state index is 0.176. The predicted molar refractivity (Wildman–Crippen MR) is 124 cm³/mol. The highest BCUT2D eigenvalue weighted by molar-refractivity contribution is 5.49. The first kappa shape index (κ1) is 20.5. The highest BCUT2D eigenvalue weighted by Crippen LogP contribution is 2.36. The zero-order chi connectivity index (χ0) is 20.8. The summed E-state index contributed by atoms with van der Waals surface area (Å²) in [6, 6.07) is 28.0. The van der Waals surface area contributed by atoms with Crippen LogP contribution >= 0.6 is 0 Å². The minimum Gasteiger partial charge on any atom is -0.489 e. The van der Waals surface area contributed by atoms with Gasteiger partial charge in [-0.15, -0.1) is 0 Å². The molecule has 0 radical (unpaired) electrons. The number of hydrogen-bond donors (Lipinski definition) is 1. The Morgan fingerprint density at radius 3 is 2.23 bits per heavy atom. The second-order valence-electron chi connectivity index (χ2n) is 7.99. The zero-order valence-corrected chi connectivity index (χ0v) is 17.9. The lowest BCUT2D eigenvalue weighted by molar-refractivity contribution is 0.193. The summed E-state index contributed by atoms with van der Waals surface area (Å²) in [6.45, 7) is 4.64. The molecule has 0 spiro atoms. The Hall–Kier alpha value is -2.82. The molecule has 30 heavy (non-hydrogen) atoms.